The van der Waals surface area contributed by atoms with E-state index in [0.717, 1.165) is 108 Å². The van der Waals surface area contributed by atoms with Crippen molar-refractivity contribution in [2.45, 2.75) is 439 Å². The number of phosphoric acid groups is 2. The van der Waals surface area contributed by atoms with Gasteiger partial charge in [-0.1, -0.05) is 370 Å². The summed E-state index contributed by atoms with van der Waals surface area (Å²) in [6, 6.07) is 0. The number of esters is 4. The minimum absolute atomic E-state index is 0.106. The Labute approximate surface area is 613 Å². The van der Waals surface area contributed by atoms with Gasteiger partial charge in [-0.3, -0.25) is 37.3 Å². The van der Waals surface area contributed by atoms with E-state index in [4.69, 9.17) is 37.0 Å². The Kier molecular flexibility index (Phi) is 69.9. The first-order valence-corrected chi connectivity index (χ1v) is 44.8. The second-order valence-corrected chi connectivity index (χ2v) is 33.5. The van der Waals surface area contributed by atoms with Crippen LogP contribution in [0, 0.1) is 17.8 Å². The molecule has 0 aromatic heterocycles. The van der Waals surface area contributed by atoms with E-state index in [1.165, 1.54) is 231 Å². The smallest absolute Gasteiger partial charge is 0.462 e. The summed E-state index contributed by atoms with van der Waals surface area (Å²) in [7, 11) is -9.92. The largest absolute Gasteiger partial charge is 0.472 e. The Morgan fingerprint density at radius 1 is 0.270 bits per heavy atom. The van der Waals surface area contributed by atoms with Crippen molar-refractivity contribution in [1.82, 2.24) is 0 Å². The third kappa shape index (κ3) is 74.3. The minimum Gasteiger partial charge on any atom is -0.462 e. The summed E-state index contributed by atoms with van der Waals surface area (Å²) in [5, 5.41) is 10.6. The van der Waals surface area contributed by atoms with Crippen LogP contribution in [0.1, 0.15) is 421 Å². The summed E-state index contributed by atoms with van der Waals surface area (Å²) in [5.41, 5.74) is 0. The molecule has 0 aliphatic carbocycles. The fraction of sp³-hybridized carbons (Fsp3) is 0.951. The molecule has 0 aliphatic heterocycles. The van der Waals surface area contributed by atoms with E-state index in [9.17, 15) is 43.2 Å². The highest BCUT2D eigenvalue weighted by molar-refractivity contribution is 7.47. The van der Waals surface area contributed by atoms with Gasteiger partial charge in [0.1, 0.15) is 19.3 Å². The van der Waals surface area contributed by atoms with Crippen LogP contribution >= 0.6 is 15.6 Å². The summed E-state index contributed by atoms with van der Waals surface area (Å²) < 4.78 is 68.7. The molecule has 0 radical (unpaired) electrons. The standard InChI is InChI=1S/C81H158O17P2/c1-8-9-10-11-12-13-14-26-34-41-48-55-62-78(83)91-69-77(98-81(86)65-58-51-44-37-30-29-33-40-47-54-61-74(6)7)71-96-100(89,90)94-67-75(82)66-93-99(87,88)95-70-76(68-92-79(84)63-56-49-42-35-27-23-19-21-25-32-39-46-53-60-73(4)5)97-80(85)64-57-50-43-36-28-22-18-16-15-17-20-24-31-38-45-52-59-72(2)3/h72-77,82H,8-71H2,1-7H3,(H,87,88)(H,89,90)/t75-,76-,77-/m1/s1. The Hall–Kier alpha value is -1.94. The summed E-state index contributed by atoms with van der Waals surface area (Å²) in [5.74, 6) is 0.243. The van der Waals surface area contributed by atoms with Gasteiger partial charge in [0.25, 0.3) is 0 Å². The van der Waals surface area contributed by atoms with Crippen molar-refractivity contribution < 1.29 is 80.2 Å². The molecule has 0 spiro atoms. The van der Waals surface area contributed by atoms with Crippen LogP contribution < -0.4 is 0 Å². The Morgan fingerprint density at radius 3 is 0.680 bits per heavy atom. The highest BCUT2D eigenvalue weighted by Gasteiger charge is 2.30. The van der Waals surface area contributed by atoms with Crippen molar-refractivity contribution in [3.8, 4) is 0 Å². The summed E-state index contributed by atoms with van der Waals surface area (Å²) in [4.78, 5) is 73.0. The lowest BCUT2D eigenvalue weighted by molar-refractivity contribution is -0.161. The zero-order chi connectivity index (χ0) is 73.7. The van der Waals surface area contributed by atoms with Crippen molar-refractivity contribution in [3.63, 3.8) is 0 Å². The van der Waals surface area contributed by atoms with Crippen LogP contribution in [0.5, 0.6) is 0 Å². The van der Waals surface area contributed by atoms with Gasteiger partial charge in [-0.15, -0.1) is 0 Å². The third-order valence-electron chi connectivity index (χ3n) is 18.9. The molecule has 2 unspecified atom stereocenters. The fourth-order valence-corrected chi connectivity index (χ4v) is 14.1. The van der Waals surface area contributed by atoms with E-state index in [0.29, 0.717) is 25.7 Å². The van der Waals surface area contributed by atoms with Gasteiger partial charge < -0.3 is 33.8 Å². The number of carbonyl (C=O) groups is 4. The highest BCUT2D eigenvalue weighted by Crippen LogP contribution is 2.45. The molecule has 0 heterocycles. The van der Waals surface area contributed by atoms with Crippen molar-refractivity contribution in [2.75, 3.05) is 39.6 Å². The molecule has 0 saturated carbocycles. The molecule has 0 aliphatic rings. The molecule has 0 amide bonds. The molecule has 100 heavy (non-hydrogen) atoms. The van der Waals surface area contributed by atoms with Gasteiger partial charge in [-0.05, 0) is 43.4 Å². The van der Waals surface area contributed by atoms with Gasteiger partial charge in [0.05, 0.1) is 26.4 Å². The number of rotatable bonds is 79. The number of phosphoric ester groups is 2. The lowest BCUT2D eigenvalue weighted by atomic mass is 10.0. The SMILES string of the molecule is CCCCCCCCCCCCCCC(=O)OC[C@H](COP(=O)(O)OC[C@H](O)COP(=O)(O)OC[C@@H](COC(=O)CCCCCCCCCCCCCCCC(C)C)OC(=O)CCCCCCCCCCCCCCCCCCC(C)C)OC(=O)CCCCCCCCCCCCC(C)C. The van der Waals surface area contributed by atoms with Crippen molar-refractivity contribution in [1.29, 1.82) is 0 Å². The van der Waals surface area contributed by atoms with Gasteiger partial charge in [0.2, 0.25) is 0 Å². The van der Waals surface area contributed by atoms with Gasteiger partial charge in [0.15, 0.2) is 12.2 Å². The number of hydrogen-bond donors (Lipinski definition) is 3. The summed E-state index contributed by atoms with van der Waals surface area (Å²) >= 11 is 0. The molecule has 0 rings (SSSR count). The van der Waals surface area contributed by atoms with Crippen molar-refractivity contribution in [2.24, 2.45) is 17.8 Å². The maximum Gasteiger partial charge on any atom is 0.472 e. The van der Waals surface area contributed by atoms with Crippen LogP contribution in [-0.2, 0) is 65.4 Å². The molecule has 594 valence electrons. The normalized spacial score (nSPS) is 14.0. The number of ether oxygens (including phenoxy) is 4. The molecule has 0 saturated heterocycles. The number of aliphatic hydroxyl groups is 1. The molecule has 3 N–H and O–H groups in total. The zero-order valence-electron chi connectivity index (χ0n) is 65.7. The number of unbranched alkanes of at least 4 members (excludes halogenated alkanes) is 47. The molecule has 17 nitrogen and oxygen atoms in total. The topological polar surface area (TPSA) is 237 Å². The molecule has 0 aromatic carbocycles. The maximum atomic E-state index is 13.1. The quantitative estimate of drug-likeness (QED) is 0.0222. The first-order chi connectivity index (χ1) is 48.2. The average Bonchev–Trinajstić information content (AvgIpc) is 0.919. The predicted molar refractivity (Wildman–Crippen MR) is 409 cm³/mol. The van der Waals surface area contributed by atoms with E-state index in [2.05, 4.69) is 48.5 Å². The molecule has 0 fully saturated rings. The van der Waals surface area contributed by atoms with Gasteiger partial charge >= 0.3 is 39.5 Å². The van der Waals surface area contributed by atoms with Crippen LogP contribution in [0.15, 0.2) is 0 Å². The minimum atomic E-state index is -4.96. The van der Waals surface area contributed by atoms with E-state index in [1.807, 2.05) is 0 Å². The summed E-state index contributed by atoms with van der Waals surface area (Å²) in [6.45, 7) is 12.0. The van der Waals surface area contributed by atoms with Crippen LogP contribution in [0.4, 0.5) is 0 Å². The zero-order valence-corrected chi connectivity index (χ0v) is 67.5. The summed E-state index contributed by atoms with van der Waals surface area (Å²) in [6.07, 6.45) is 59.5. The second-order valence-electron chi connectivity index (χ2n) is 30.6. The van der Waals surface area contributed by atoms with Gasteiger partial charge in [0, 0.05) is 25.7 Å². The number of aliphatic hydroxyl groups excluding tert-OH is 1. The lowest BCUT2D eigenvalue weighted by Crippen LogP contribution is -2.30. The van der Waals surface area contributed by atoms with Gasteiger partial charge in [-0.2, -0.15) is 0 Å². The van der Waals surface area contributed by atoms with Crippen LogP contribution in [0.2, 0.25) is 0 Å². The molecule has 19 heteroatoms. The lowest BCUT2D eigenvalue weighted by Gasteiger charge is -2.21. The number of hydrogen-bond acceptors (Lipinski definition) is 15. The van der Waals surface area contributed by atoms with E-state index < -0.39 is 97.5 Å². The Bertz CT molecular complexity index is 1940. The first kappa shape index (κ1) is 98.1. The number of carbonyl (C=O) groups excluding carboxylic acids is 4. The molecule has 0 bridgehead atoms. The monoisotopic (exact) mass is 1470 g/mol. The molecule has 5 atom stereocenters. The Balaban J connectivity index is 5.26. The molecular formula is C81H158O17P2. The third-order valence-corrected chi connectivity index (χ3v) is 20.8. The van der Waals surface area contributed by atoms with Crippen LogP contribution in [-0.4, -0.2) is 96.7 Å². The van der Waals surface area contributed by atoms with E-state index in [-0.39, 0.29) is 25.7 Å². The van der Waals surface area contributed by atoms with Gasteiger partial charge in [-0.25, -0.2) is 9.13 Å². The van der Waals surface area contributed by atoms with E-state index in [1.54, 1.807) is 0 Å². The van der Waals surface area contributed by atoms with E-state index >= 15 is 0 Å². The Morgan fingerprint density at radius 2 is 0.460 bits per heavy atom. The fourth-order valence-electron chi connectivity index (χ4n) is 12.5. The second kappa shape index (κ2) is 71.3. The van der Waals surface area contributed by atoms with Crippen LogP contribution in [0.3, 0.4) is 0 Å². The van der Waals surface area contributed by atoms with Crippen molar-refractivity contribution >= 4 is 39.5 Å². The molecular weight excluding hydrogens is 1310 g/mol. The highest BCUT2D eigenvalue weighted by atomic mass is 31.2. The van der Waals surface area contributed by atoms with Crippen molar-refractivity contribution in [3.05, 3.63) is 0 Å². The maximum absolute atomic E-state index is 13.1. The van der Waals surface area contributed by atoms with Crippen LogP contribution in [0.25, 0.3) is 0 Å². The predicted octanol–water partition coefficient (Wildman–Crippen LogP) is 24.1. The first-order valence-electron chi connectivity index (χ1n) is 41.8. The molecule has 0 aromatic rings. The average molecular weight is 1470 g/mol.